The Morgan fingerprint density at radius 2 is 1.65 bits per heavy atom. The maximum absolute atomic E-state index is 6.13. The van der Waals surface area contributed by atoms with Crippen molar-refractivity contribution in [1.29, 1.82) is 0 Å². The Kier molecular flexibility index (Phi) is 6.41. The fourth-order valence-electron chi connectivity index (χ4n) is 2.59. The van der Waals surface area contributed by atoms with E-state index in [4.69, 9.17) is 22.1 Å². The molecule has 2 rings (SSSR count). The summed E-state index contributed by atoms with van der Waals surface area (Å²) < 4.78 is 30.0. The van der Waals surface area contributed by atoms with Gasteiger partial charge in [-0.3, -0.25) is 0 Å². The molecule has 0 amide bonds. The Morgan fingerprint density at radius 3 is 2.17 bits per heavy atom. The van der Waals surface area contributed by atoms with Crippen molar-refractivity contribution in [2.24, 2.45) is 0 Å². The van der Waals surface area contributed by atoms with E-state index in [0.29, 0.717) is 26.4 Å². The molecule has 0 spiro atoms. The molecule has 1 atom stereocenters. The van der Waals surface area contributed by atoms with Crippen molar-refractivity contribution in [3.63, 3.8) is 0 Å². The Balaban J connectivity index is 2.35. The Bertz CT molecular complexity index is 508. The van der Waals surface area contributed by atoms with Crippen LogP contribution in [0.15, 0.2) is 18.2 Å². The lowest BCUT2D eigenvalue weighted by Crippen LogP contribution is -2.57. The molecule has 0 aromatic heterocycles. The Hall–Kier alpha value is -0.706. The summed E-state index contributed by atoms with van der Waals surface area (Å²) in [6, 6.07) is 7.02. The van der Waals surface area contributed by atoms with Crippen LogP contribution in [0.3, 0.4) is 0 Å². The lowest BCUT2D eigenvalue weighted by molar-refractivity contribution is 0.0858. The van der Waals surface area contributed by atoms with Crippen molar-refractivity contribution in [1.82, 2.24) is 0 Å². The normalized spacial score (nSPS) is 20.9. The van der Waals surface area contributed by atoms with Gasteiger partial charge in [-0.1, -0.05) is 13.0 Å². The lowest BCUT2D eigenvalue weighted by Gasteiger charge is -2.34. The minimum Gasteiger partial charge on any atom is -0.520 e. The molecule has 0 fully saturated rings. The second-order valence-corrected chi connectivity index (χ2v) is 11.6. The van der Waals surface area contributed by atoms with Crippen molar-refractivity contribution in [3.8, 4) is 5.75 Å². The SMILES string of the molecule is CCO[Si](OCC)(OCC)c1ccc2c(c1)CO[Si](C)(CC)O2. The van der Waals surface area contributed by atoms with Gasteiger partial charge in [0.05, 0.1) is 6.61 Å². The molecule has 1 heterocycles. The first-order valence-corrected chi connectivity index (χ1v) is 12.7. The molecule has 0 saturated carbocycles. The summed E-state index contributed by atoms with van der Waals surface area (Å²) in [7, 11) is -4.93. The van der Waals surface area contributed by atoms with E-state index in [0.717, 1.165) is 22.5 Å². The van der Waals surface area contributed by atoms with E-state index < -0.39 is 17.4 Å². The summed E-state index contributed by atoms with van der Waals surface area (Å²) in [5.41, 5.74) is 1.04. The molecule has 5 nitrogen and oxygen atoms in total. The Morgan fingerprint density at radius 1 is 1.04 bits per heavy atom. The number of rotatable bonds is 8. The third-order valence-electron chi connectivity index (χ3n) is 3.92. The standard InChI is InChI=1S/C16H28O5Si2/c1-6-17-23(18-7-2,19-8-3)15-10-11-16-14(12-15)13-20-22(5,9-4)21-16/h10-12H,6-9,13H2,1-5H3. The van der Waals surface area contributed by atoms with E-state index in [2.05, 4.69) is 19.5 Å². The van der Waals surface area contributed by atoms with Gasteiger partial charge in [-0.25, -0.2) is 0 Å². The van der Waals surface area contributed by atoms with Gasteiger partial charge in [0, 0.05) is 30.6 Å². The van der Waals surface area contributed by atoms with Crippen LogP contribution in [0.5, 0.6) is 5.75 Å². The molecule has 0 aliphatic carbocycles. The highest BCUT2D eigenvalue weighted by molar-refractivity contribution is 6.75. The van der Waals surface area contributed by atoms with Gasteiger partial charge in [0.15, 0.2) is 0 Å². The van der Waals surface area contributed by atoms with Gasteiger partial charge in [0.1, 0.15) is 5.75 Å². The lowest BCUT2D eigenvalue weighted by atomic mass is 10.2. The van der Waals surface area contributed by atoms with E-state index in [9.17, 15) is 0 Å². The topological polar surface area (TPSA) is 46.2 Å². The molecule has 1 aliphatic heterocycles. The van der Waals surface area contributed by atoms with Crippen molar-refractivity contribution >= 4 is 22.6 Å². The number of hydrogen-bond donors (Lipinski definition) is 0. The van der Waals surface area contributed by atoms with Crippen molar-refractivity contribution in [2.45, 2.75) is 46.9 Å². The van der Waals surface area contributed by atoms with Crippen LogP contribution in [0.4, 0.5) is 0 Å². The minimum atomic E-state index is -2.87. The van der Waals surface area contributed by atoms with Crippen LogP contribution in [0.1, 0.15) is 33.3 Å². The maximum atomic E-state index is 6.13. The first kappa shape index (κ1) is 18.6. The third kappa shape index (κ3) is 4.04. The second kappa shape index (κ2) is 7.91. The van der Waals surface area contributed by atoms with Gasteiger partial charge >= 0.3 is 17.4 Å². The van der Waals surface area contributed by atoms with Crippen LogP contribution in [-0.4, -0.2) is 37.2 Å². The highest BCUT2D eigenvalue weighted by Gasteiger charge is 2.44. The first-order valence-electron chi connectivity index (χ1n) is 8.40. The quantitative estimate of drug-likeness (QED) is 0.670. The van der Waals surface area contributed by atoms with Crippen LogP contribution >= 0.6 is 0 Å². The van der Waals surface area contributed by atoms with Gasteiger partial charge in [-0.15, -0.1) is 0 Å². The van der Waals surface area contributed by atoms with Crippen molar-refractivity contribution < 1.29 is 22.1 Å². The monoisotopic (exact) mass is 356 g/mol. The summed E-state index contributed by atoms with van der Waals surface area (Å²) in [4.78, 5) is 0. The maximum Gasteiger partial charge on any atom is 0.537 e. The molecule has 1 aromatic carbocycles. The minimum absolute atomic E-state index is 0.553. The first-order chi connectivity index (χ1) is 11.0. The van der Waals surface area contributed by atoms with Gasteiger partial charge in [-0.05, 0) is 45.5 Å². The zero-order valence-corrected chi connectivity index (χ0v) is 16.8. The highest BCUT2D eigenvalue weighted by Crippen LogP contribution is 2.30. The summed E-state index contributed by atoms with van der Waals surface area (Å²) in [6.07, 6.45) is 0. The zero-order valence-electron chi connectivity index (χ0n) is 14.8. The van der Waals surface area contributed by atoms with Crippen LogP contribution in [0.25, 0.3) is 0 Å². The zero-order chi connectivity index (χ0) is 16.9. The average Bonchev–Trinajstić information content (AvgIpc) is 2.55. The molecule has 7 heteroatoms. The van der Waals surface area contributed by atoms with E-state index in [1.807, 2.05) is 32.9 Å². The van der Waals surface area contributed by atoms with E-state index in [1.165, 1.54) is 0 Å². The third-order valence-corrected chi connectivity index (χ3v) is 9.63. The van der Waals surface area contributed by atoms with E-state index in [-0.39, 0.29) is 0 Å². The highest BCUT2D eigenvalue weighted by atomic mass is 28.4. The molecule has 1 unspecified atom stereocenters. The van der Waals surface area contributed by atoms with Gasteiger partial charge in [-0.2, -0.15) is 0 Å². The number of fused-ring (bicyclic) bond motifs is 1. The molecule has 0 bridgehead atoms. The molecule has 0 radical (unpaired) electrons. The van der Waals surface area contributed by atoms with Crippen molar-refractivity contribution in [2.75, 3.05) is 19.8 Å². The smallest absolute Gasteiger partial charge is 0.520 e. The number of hydrogen-bond acceptors (Lipinski definition) is 5. The second-order valence-electron chi connectivity index (χ2n) is 5.56. The van der Waals surface area contributed by atoms with Crippen LogP contribution in [0, 0.1) is 0 Å². The summed E-state index contributed by atoms with van der Waals surface area (Å²) >= 11 is 0. The van der Waals surface area contributed by atoms with Gasteiger partial charge in [0.2, 0.25) is 0 Å². The predicted molar refractivity (Wildman–Crippen MR) is 94.2 cm³/mol. The van der Waals surface area contributed by atoms with Crippen LogP contribution < -0.4 is 9.61 Å². The Labute approximate surface area is 141 Å². The molecular formula is C16H28O5Si2. The van der Waals surface area contributed by atoms with Gasteiger partial charge in [0.25, 0.3) is 0 Å². The molecule has 130 valence electrons. The van der Waals surface area contributed by atoms with E-state index in [1.54, 1.807) is 0 Å². The molecular weight excluding hydrogens is 328 g/mol. The predicted octanol–water partition coefficient (Wildman–Crippen LogP) is 2.94. The fourth-order valence-corrected chi connectivity index (χ4v) is 6.66. The average molecular weight is 357 g/mol. The molecule has 1 aliphatic rings. The molecule has 23 heavy (non-hydrogen) atoms. The molecule has 1 aromatic rings. The van der Waals surface area contributed by atoms with Gasteiger partial charge < -0.3 is 22.1 Å². The largest absolute Gasteiger partial charge is 0.537 e. The summed E-state index contributed by atoms with van der Waals surface area (Å²) in [5.74, 6) is 0.920. The molecule has 0 saturated heterocycles. The summed E-state index contributed by atoms with van der Waals surface area (Å²) in [5, 5.41) is 0.968. The fraction of sp³-hybridized carbons (Fsp3) is 0.625. The van der Waals surface area contributed by atoms with Crippen LogP contribution in [-0.2, 0) is 24.3 Å². The molecule has 0 N–H and O–H groups in total. The van der Waals surface area contributed by atoms with E-state index >= 15 is 0 Å². The van der Waals surface area contributed by atoms with Crippen molar-refractivity contribution in [3.05, 3.63) is 23.8 Å². The summed E-state index contributed by atoms with van der Waals surface area (Å²) in [6.45, 7) is 12.3. The van der Waals surface area contributed by atoms with Crippen LogP contribution in [0.2, 0.25) is 12.6 Å². The number of benzene rings is 1.